The number of hydrogen-bond acceptors (Lipinski definition) is 5. The van der Waals surface area contributed by atoms with Crippen LogP contribution in [0.5, 0.6) is 5.75 Å². The molecule has 0 aliphatic rings. The van der Waals surface area contributed by atoms with Crippen molar-refractivity contribution in [2.75, 3.05) is 5.73 Å². The lowest BCUT2D eigenvalue weighted by Crippen LogP contribution is -2.21. The summed E-state index contributed by atoms with van der Waals surface area (Å²) in [6.07, 6.45) is -3.76. The lowest BCUT2D eigenvalue weighted by Gasteiger charge is -2.16. The lowest BCUT2D eigenvalue weighted by molar-refractivity contribution is -0.275. The Morgan fingerprint density at radius 1 is 1.44 bits per heavy atom. The molecule has 0 aromatic carbocycles. The van der Waals surface area contributed by atoms with E-state index >= 15 is 0 Å². The molecule has 0 radical (unpaired) electrons. The van der Waals surface area contributed by atoms with Gasteiger partial charge >= 0.3 is 6.36 Å². The Morgan fingerprint density at radius 3 is 2.50 bits per heavy atom. The first kappa shape index (κ1) is 12.5. The number of aliphatic hydroxyl groups excluding tert-OH is 1. The molecule has 0 amide bonds. The van der Waals surface area contributed by atoms with Crippen LogP contribution < -0.4 is 16.2 Å². The Balaban J connectivity index is 3.25. The van der Waals surface area contributed by atoms with Gasteiger partial charge in [0.25, 0.3) is 0 Å². The number of halogens is 3. The SMILES string of the molecule is NCc1ncc(N)c(CO)c1OC(F)(F)F. The third-order valence-electron chi connectivity index (χ3n) is 1.81. The van der Waals surface area contributed by atoms with Crippen LogP contribution in [0.1, 0.15) is 11.3 Å². The summed E-state index contributed by atoms with van der Waals surface area (Å²) >= 11 is 0. The summed E-state index contributed by atoms with van der Waals surface area (Å²) < 4.78 is 40.0. The molecule has 16 heavy (non-hydrogen) atoms. The topological polar surface area (TPSA) is 94.4 Å². The van der Waals surface area contributed by atoms with Crippen molar-refractivity contribution in [1.82, 2.24) is 4.98 Å². The number of ether oxygens (including phenoxy) is 1. The number of anilines is 1. The Kier molecular flexibility index (Phi) is 3.55. The first-order valence-electron chi connectivity index (χ1n) is 4.22. The van der Waals surface area contributed by atoms with E-state index in [0.29, 0.717) is 0 Å². The normalized spacial score (nSPS) is 11.6. The summed E-state index contributed by atoms with van der Waals surface area (Å²) in [5.74, 6) is -0.627. The molecule has 8 heteroatoms. The summed E-state index contributed by atoms with van der Waals surface area (Å²) in [5, 5.41) is 8.92. The molecule has 0 aliphatic heterocycles. The highest BCUT2D eigenvalue weighted by atomic mass is 19.4. The van der Waals surface area contributed by atoms with Crippen molar-refractivity contribution in [2.24, 2.45) is 5.73 Å². The molecule has 0 aliphatic carbocycles. The van der Waals surface area contributed by atoms with Crippen molar-refractivity contribution in [3.8, 4) is 5.75 Å². The number of alkyl halides is 3. The second-order valence-electron chi connectivity index (χ2n) is 2.88. The Morgan fingerprint density at radius 2 is 2.06 bits per heavy atom. The smallest absolute Gasteiger partial charge is 0.403 e. The minimum Gasteiger partial charge on any atom is -0.403 e. The molecule has 0 bridgehead atoms. The van der Waals surface area contributed by atoms with Crippen LogP contribution >= 0.6 is 0 Å². The van der Waals surface area contributed by atoms with Gasteiger partial charge in [0.15, 0.2) is 5.75 Å². The molecule has 0 saturated heterocycles. The van der Waals surface area contributed by atoms with Gasteiger partial charge in [0.1, 0.15) is 0 Å². The fourth-order valence-electron chi connectivity index (χ4n) is 1.13. The summed E-state index contributed by atoms with van der Waals surface area (Å²) in [6, 6.07) is 0. The fourth-order valence-corrected chi connectivity index (χ4v) is 1.13. The number of nitrogen functional groups attached to an aromatic ring is 1. The van der Waals surface area contributed by atoms with Gasteiger partial charge in [0.05, 0.1) is 24.2 Å². The highest BCUT2D eigenvalue weighted by Crippen LogP contribution is 2.32. The third-order valence-corrected chi connectivity index (χ3v) is 1.81. The summed E-state index contributed by atoms with van der Waals surface area (Å²) in [4.78, 5) is 3.60. The van der Waals surface area contributed by atoms with E-state index in [1.165, 1.54) is 0 Å². The molecule has 1 aromatic heterocycles. The van der Waals surface area contributed by atoms with Crippen LogP contribution in [0.25, 0.3) is 0 Å². The van der Waals surface area contributed by atoms with E-state index in [1.807, 2.05) is 0 Å². The van der Waals surface area contributed by atoms with Gasteiger partial charge in [-0.15, -0.1) is 13.2 Å². The number of aromatic nitrogens is 1. The van der Waals surface area contributed by atoms with Gasteiger partial charge in [-0.05, 0) is 0 Å². The number of pyridine rings is 1. The molecular formula is C8H10F3N3O2. The molecule has 0 atom stereocenters. The van der Waals surface area contributed by atoms with Gasteiger partial charge in [-0.2, -0.15) is 0 Å². The van der Waals surface area contributed by atoms with Gasteiger partial charge in [0.2, 0.25) is 0 Å². The zero-order chi connectivity index (χ0) is 12.3. The van der Waals surface area contributed by atoms with Crippen LogP contribution in [0.4, 0.5) is 18.9 Å². The molecule has 0 saturated carbocycles. The van der Waals surface area contributed by atoms with E-state index in [1.54, 1.807) is 0 Å². The van der Waals surface area contributed by atoms with E-state index in [9.17, 15) is 13.2 Å². The van der Waals surface area contributed by atoms with E-state index in [0.717, 1.165) is 6.20 Å². The van der Waals surface area contributed by atoms with Crippen LogP contribution in [0, 0.1) is 0 Å². The first-order chi connectivity index (χ1) is 7.39. The van der Waals surface area contributed by atoms with Crippen LogP contribution in [0.2, 0.25) is 0 Å². The standard InChI is InChI=1S/C8H10F3N3O2/c9-8(10,11)16-7-4(3-15)5(13)2-14-6(7)1-12/h2,15H,1,3,12-13H2. The highest BCUT2D eigenvalue weighted by molar-refractivity contribution is 5.54. The van der Waals surface area contributed by atoms with E-state index in [4.69, 9.17) is 16.6 Å². The summed E-state index contributed by atoms with van der Waals surface area (Å²) in [7, 11) is 0. The Hall–Kier alpha value is -1.54. The quantitative estimate of drug-likeness (QED) is 0.712. The third kappa shape index (κ3) is 2.74. The maximum absolute atomic E-state index is 12.1. The number of hydrogen-bond donors (Lipinski definition) is 3. The van der Waals surface area contributed by atoms with Crippen LogP contribution in [-0.2, 0) is 13.2 Å². The van der Waals surface area contributed by atoms with Crippen molar-refractivity contribution in [2.45, 2.75) is 19.5 Å². The molecule has 1 rings (SSSR count). The number of nitrogens with two attached hydrogens (primary N) is 2. The van der Waals surface area contributed by atoms with E-state index in [2.05, 4.69) is 9.72 Å². The molecule has 0 unspecified atom stereocenters. The molecule has 0 fully saturated rings. The predicted octanol–water partition coefficient (Wildman–Crippen LogP) is 0.513. The zero-order valence-electron chi connectivity index (χ0n) is 8.08. The zero-order valence-corrected chi connectivity index (χ0v) is 8.08. The van der Waals surface area contributed by atoms with Gasteiger partial charge in [-0.25, -0.2) is 0 Å². The van der Waals surface area contributed by atoms with E-state index in [-0.39, 0.29) is 23.5 Å². The average Bonchev–Trinajstić information content (AvgIpc) is 2.16. The van der Waals surface area contributed by atoms with Crippen molar-refractivity contribution in [3.63, 3.8) is 0 Å². The Labute approximate surface area is 88.8 Å². The van der Waals surface area contributed by atoms with Gasteiger partial charge in [-0.1, -0.05) is 0 Å². The molecule has 5 nitrogen and oxygen atoms in total. The molecule has 1 heterocycles. The Bertz CT molecular complexity index is 382. The van der Waals surface area contributed by atoms with Crippen LogP contribution in [0.15, 0.2) is 6.20 Å². The van der Waals surface area contributed by atoms with Crippen molar-refractivity contribution >= 4 is 5.69 Å². The molecular weight excluding hydrogens is 227 g/mol. The number of rotatable bonds is 3. The average molecular weight is 237 g/mol. The minimum atomic E-state index is -4.89. The first-order valence-corrected chi connectivity index (χ1v) is 4.22. The summed E-state index contributed by atoms with van der Waals surface area (Å²) in [6.45, 7) is -0.939. The number of aliphatic hydroxyl groups is 1. The second kappa shape index (κ2) is 4.54. The number of nitrogens with zero attached hydrogens (tertiary/aromatic N) is 1. The molecule has 0 spiro atoms. The van der Waals surface area contributed by atoms with Gasteiger partial charge < -0.3 is 21.3 Å². The summed E-state index contributed by atoms with van der Waals surface area (Å²) in [5.41, 5.74) is 10.2. The van der Waals surface area contributed by atoms with Crippen molar-refractivity contribution in [1.29, 1.82) is 0 Å². The minimum absolute atomic E-state index is 0.0843. The van der Waals surface area contributed by atoms with Crippen molar-refractivity contribution in [3.05, 3.63) is 17.5 Å². The van der Waals surface area contributed by atoms with E-state index < -0.39 is 18.7 Å². The monoisotopic (exact) mass is 237 g/mol. The van der Waals surface area contributed by atoms with Crippen LogP contribution in [-0.4, -0.2) is 16.5 Å². The van der Waals surface area contributed by atoms with Gasteiger partial charge in [0, 0.05) is 12.1 Å². The second-order valence-corrected chi connectivity index (χ2v) is 2.88. The van der Waals surface area contributed by atoms with Gasteiger partial charge in [-0.3, -0.25) is 4.98 Å². The fraction of sp³-hybridized carbons (Fsp3) is 0.375. The molecule has 5 N–H and O–H groups in total. The molecule has 1 aromatic rings. The largest absolute Gasteiger partial charge is 0.573 e. The highest BCUT2D eigenvalue weighted by Gasteiger charge is 2.33. The maximum Gasteiger partial charge on any atom is 0.573 e. The predicted molar refractivity (Wildman–Crippen MR) is 49.1 cm³/mol. The van der Waals surface area contributed by atoms with Crippen molar-refractivity contribution < 1.29 is 23.0 Å². The molecule has 90 valence electrons. The lowest BCUT2D eigenvalue weighted by atomic mass is 10.1. The van der Waals surface area contributed by atoms with Crippen LogP contribution in [0.3, 0.4) is 0 Å². The maximum atomic E-state index is 12.1.